The van der Waals surface area contributed by atoms with E-state index in [9.17, 15) is 9.90 Å². The molecule has 182 valence electrons. The number of rotatable bonds is 23. The highest BCUT2D eigenvalue weighted by Crippen LogP contribution is 2.19. The summed E-state index contributed by atoms with van der Waals surface area (Å²) < 4.78 is 5.72. The number of esters is 1. The van der Waals surface area contributed by atoms with Crippen molar-refractivity contribution < 1.29 is 14.6 Å². The summed E-state index contributed by atoms with van der Waals surface area (Å²) >= 11 is 0. The number of azide groups is 1. The fourth-order valence-electron chi connectivity index (χ4n) is 3.96. The third-order valence-electron chi connectivity index (χ3n) is 5.91. The maximum atomic E-state index is 12.4. The quantitative estimate of drug-likeness (QED) is 0.0574. The number of hydrogen-bond acceptors (Lipinski definition) is 4. The monoisotopic (exact) mass is 439 g/mol. The Morgan fingerprint density at radius 2 is 1.29 bits per heavy atom. The molecule has 0 aromatic carbocycles. The lowest BCUT2D eigenvalue weighted by Gasteiger charge is -2.23. The standard InChI is InChI=1S/C25H49N3O3/c1-3-5-7-9-11-13-15-17-19-24(23(21-22-29)27-28-26)31-25(30)20-18-16-14-12-10-8-6-4-2/h23-24,29H,3-22H2,1-2H3. The average molecular weight is 440 g/mol. The van der Waals surface area contributed by atoms with E-state index in [0.717, 1.165) is 25.7 Å². The van der Waals surface area contributed by atoms with E-state index in [1.807, 2.05) is 0 Å². The molecule has 0 bridgehead atoms. The zero-order valence-electron chi connectivity index (χ0n) is 20.4. The van der Waals surface area contributed by atoms with E-state index in [1.54, 1.807) is 0 Å². The van der Waals surface area contributed by atoms with Gasteiger partial charge in [0.1, 0.15) is 6.10 Å². The summed E-state index contributed by atoms with van der Waals surface area (Å²) in [5.41, 5.74) is 8.87. The van der Waals surface area contributed by atoms with Crippen LogP contribution in [0.15, 0.2) is 5.11 Å². The first-order chi connectivity index (χ1) is 15.2. The van der Waals surface area contributed by atoms with Crippen LogP contribution < -0.4 is 0 Å². The van der Waals surface area contributed by atoms with Crippen LogP contribution in [-0.4, -0.2) is 29.8 Å². The van der Waals surface area contributed by atoms with Crippen LogP contribution >= 0.6 is 0 Å². The second-order valence-corrected chi connectivity index (χ2v) is 8.80. The van der Waals surface area contributed by atoms with Gasteiger partial charge >= 0.3 is 5.97 Å². The van der Waals surface area contributed by atoms with Crippen molar-refractivity contribution in [1.29, 1.82) is 0 Å². The van der Waals surface area contributed by atoms with E-state index in [-0.39, 0.29) is 12.6 Å². The topological polar surface area (TPSA) is 95.3 Å². The third kappa shape index (κ3) is 19.2. The molecule has 6 heteroatoms. The molecule has 0 spiro atoms. The van der Waals surface area contributed by atoms with Crippen molar-refractivity contribution in [2.45, 2.75) is 148 Å². The molecule has 2 unspecified atom stereocenters. The minimum Gasteiger partial charge on any atom is -0.462 e. The lowest BCUT2D eigenvalue weighted by molar-refractivity contribution is -0.151. The van der Waals surface area contributed by atoms with E-state index >= 15 is 0 Å². The number of aliphatic hydroxyl groups excluding tert-OH is 1. The molecule has 31 heavy (non-hydrogen) atoms. The smallest absolute Gasteiger partial charge is 0.306 e. The van der Waals surface area contributed by atoms with Crippen LogP contribution in [0, 0.1) is 0 Å². The SMILES string of the molecule is CCCCCCCCCCC(=O)OC(CCCCCCCCCC)C(CCO)N=[N+]=[N-]. The van der Waals surface area contributed by atoms with E-state index < -0.39 is 12.1 Å². The first kappa shape index (κ1) is 29.7. The Hall–Kier alpha value is -1.26. The highest BCUT2D eigenvalue weighted by Gasteiger charge is 2.23. The molecule has 0 saturated heterocycles. The summed E-state index contributed by atoms with van der Waals surface area (Å²) in [7, 11) is 0. The number of carbonyl (C=O) groups excluding carboxylic acids is 1. The fourth-order valence-corrected chi connectivity index (χ4v) is 3.96. The van der Waals surface area contributed by atoms with Crippen molar-refractivity contribution in [3.8, 4) is 0 Å². The van der Waals surface area contributed by atoms with Gasteiger partial charge in [0, 0.05) is 17.9 Å². The first-order valence-corrected chi connectivity index (χ1v) is 13.0. The van der Waals surface area contributed by atoms with Crippen molar-refractivity contribution in [1.82, 2.24) is 0 Å². The molecular weight excluding hydrogens is 390 g/mol. The van der Waals surface area contributed by atoms with Gasteiger partial charge in [-0.1, -0.05) is 109 Å². The van der Waals surface area contributed by atoms with Crippen LogP contribution in [0.3, 0.4) is 0 Å². The van der Waals surface area contributed by atoms with Gasteiger partial charge in [-0.3, -0.25) is 4.79 Å². The number of hydrogen-bond donors (Lipinski definition) is 1. The van der Waals surface area contributed by atoms with Gasteiger partial charge < -0.3 is 9.84 Å². The summed E-state index contributed by atoms with van der Waals surface area (Å²) in [6, 6.07) is -0.484. The molecule has 0 rings (SSSR count). The first-order valence-electron chi connectivity index (χ1n) is 13.0. The molecule has 0 heterocycles. The Labute approximate surface area is 191 Å². The lowest BCUT2D eigenvalue weighted by Crippen LogP contribution is -2.30. The molecule has 0 aromatic heterocycles. The number of aliphatic hydroxyl groups is 1. The Bertz CT molecular complexity index is 453. The molecule has 0 aliphatic heterocycles. The Kier molecular flexibility index (Phi) is 22.5. The fraction of sp³-hybridized carbons (Fsp3) is 0.960. The second kappa shape index (κ2) is 23.4. The highest BCUT2D eigenvalue weighted by atomic mass is 16.5. The Balaban J connectivity index is 4.25. The van der Waals surface area contributed by atoms with Crippen molar-refractivity contribution >= 4 is 5.97 Å². The maximum absolute atomic E-state index is 12.4. The summed E-state index contributed by atoms with van der Waals surface area (Å²) in [5, 5.41) is 13.1. The summed E-state index contributed by atoms with van der Waals surface area (Å²) in [4.78, 5) is 15.3. The number of unbranched alkanes of at least 4 members (excludes halogenated alkanes) is 14. The predicted molar refractivity (Wildman–Crippen MR) is 129 cm³/mol. The van der Waals surface area contributed by atoms with Crippen LogP contribution in [0.25, 0.3) is 10.4 Å². The van der Waals surface area contributed by atoms with Crippen molar-refractivity contribution in [3.63, 3.8) is 0 Å². The Morgan fingerprint density at radius 3 is 1.77 bits per heavy atom. The molecule has 0 aliphatic rings. The summed E-state index contributed by atoms with van der Waals surface area (Å²) in [6.45, 7) is 4.37. The number of carbonyl (C=O) groups is 1. The van der Waals surface area contributed by atoms with Gasteiger partial charge in [-0.05, 0) is 31.2 Å². The van der Waals surface area contributed by atoms with Crippen LogP contribution in [-0.2, 0) is 9.53 Å². The molecule has 0 fully saturated rings. The zero-order valence-corrected chi connectivity index (χ0v) is 20.4. The highest BCUT2D eigenvalue weighted by molar-refractivity contribution is 5.69. The normalized spacial score (nSPS) is 12.9. The van der Waals surface area contributed by atoms with Gasteiger partial charge in [-0.25, -0.2) is 0 Å². The molecule has 0 saturated carbocycles. The van der Waals surface area contributed by atoms with E-state index in [1.165, 1.54) is 77.0 Å². The summed E-state index contributed by atoms with van der Waals surface area (Å²) in [6.07, 6.45) is 20.2. The van der Waals surface area contributed by atoms with Gasteiger partial charge in [-0.15, -0.1) is 0 Å². The largest absolute Gasteiger partial charge is 0.462 e. The third-order valence-corrected chi connectivity index (χ3v) is 5.91. The van der Waals surface area contributed by atoms with Crippen molar-refractivity contribution in [3.05, 3.63) is 10.4 Å². The van der Waals surface area contributed by atoms with Gasteiger partial charge in [-0.2, -0.15) is 0 Å². The minimum atomic E-state index is -0.484. The Morgan fingerprint density at radius 1 is 0.806 bits per heavy atom. The molecular formula is C25H49N3O3. The zero-order chi connectivity index (χ0) is 23.0. The van der Waals surface area contributed by atoms with Crippen LogP contribution in [0.5, 0.6) is 0 Å². The average Bonchev–Trinajstić information content (AvgIpc) is 2.76. The number of ether oxygens (including phenoxy) is 1. The van der Waals surface area contributed by atoms with Gasteiger partial charge in [0.05, 0.1) is 6.04 Å². The molecule has 0 amide bonds. The maximum Gasteiger partial charge on any atom is 0.306 e. The van der Waals surface area contributed by atoms with E-state index in [0.29, 0.717) is 19.3 Å². The molecule has 6 nitrogen and oxygen atoms in total. The summed E-state index contributed by atoms with van der Waals surface area (Å²) in [5.74, 6) is -0.202. The van der Waals surface area contributed by atoms with Gasteiger partial charge in [0.15, 0.2) is 0 Å². The predicted octanol–water partition coefficient (Wildman–Crippen LogP) is 8.02. The molecule has 0 aliphatic carbocycles. The minimum absolute atomic E-state index is 0.0762. The molecule has 0 radical (unpaired) electrons. The molecule has 1 N–H and O–H groups in total. The van der Waals surface area contributed by atoms with Crippen molar-refractivity contribution in [2.24, 2.45) is 5.11 Å². The van der Waals surface area contributed by atoms with Crippen LogP contribution in [0.4, 0.5) is 0 Å². The molecule has 0 aromatic rings. The van der Waals surface area contributed by atoms with Crippen molar-refractivity contribution in [2.75, 3.05) is 6.61 Å². The van der Waals surface area contributed by atoms with Crippen LogP contribution in [0.1, 0.15) is 136 Å². The lowest BCUT2D eigenvalue weighted by atomic mass is 10.0. The van der Waals surface area contributed by atoms with Gasteiger partial charge in [0.2, 0.25) is 0 Å². The molecule has 2 atom stereocenters. The van der Waals surface area contributed by atoms with Gasteiger partial charge in [0.25, 0.3) is 0 Å². The van der Waals surface area contributed by atoms with E-state index in [2.05, 4.69) is 23.9 Å². The van der Waals surface area contributed by atoms with Crippen LogP contribution in [0.2, 0.25) is 0 Å². The van der Waals surface area contributed by atoms with E-state index in [4.69, 9.17) is 10.3 Å². The number of nitrogens with zero attached hydrogens (tertiary/aromatic N) is 3. The second-order valence-electron chi connectivity index (χ2n) is 8.80.